The SMILES string of the molecule is CCCCCCc1ccc2c(F)c(-c3ccc(-c4ccc(Cl)c(F)c4)cc3)ccc2c1. The van der Waals surface area contributed by atoms with Crippen LogP contribution in [-0.2, 0) is 6.42 Å². The summed E-state index contributed by atoms with van der Waals surface area (Å²) in [6, 6.07) is 22.1. The van der Waals surface area contributed by atoms with Crippen molar-refractivity contribution in [1.82, 2.24) is 0 Å². The second-order valence-electron chi connectivity index (χ2n) is 8.00. The molecule has 0 nitrogen and oxygen atoms in total. The van der Waals surface area contributed by atoms with Crippen LogP contribution in [0.25, 0.3) is 33.0 Å². The van der Waals surface area contributed by atoms with Gasteiger partial charge in [-0.15, -0.1) is 0 Å². The lowest BCUT2D eigenvalue weighted by Crippen LogP contribution is -1.90. The predicted octanol–water partition coefficient (Wildman–Crippen LogP) is 9.23. The first-order chi connectivity index (χ1) is 15.1. The Bertz CT molecular complexity index is 1200. The highest BCUT2D eigenvalue weighted by Crippen LogP contribution is 2.32. The van der Waals surface area contributed by atoms with E-state index in [4.69, 9.17) is 11.6 Å². The van der Waals surface area contributed by atoms with Crippen molar-refractivity contribution < 1.29 is 8.78 Å². The summed E-state index contributed by atoms with van der Waals surface area (Å²) in [7, 11) is 0. The fraction of sp³-hybridized carbons (Fsp3) is 0.214. The third-order valence-electron chi connectivity index (χ3n) is 5.79. The van der Waals surface area contributed by atoms with Crippen molar-refractivity contribution in [3.8, 4) is 22.3 Å². The molecule has 0 aromatic heterocycles. The van der Waals surface area contributed by atoms with Crippen LogP contribution in [0.4, 0.5) is 8.78 Å². The second kappa shape index (κ2) is 9.62. The van der Waals surface area contributed by atoms with Crippen LogP contribution < -0.4 is 0 Å². The molecule has 0 amide bonds. The van der Waals surface area contributed by atoms with Gasteiger partial charge in [-0.1, -0.05) is 98.5 Å². The van der Waals surface area contributed by atoms with E-state index in [2.05, 4.69) is 13.0 Å². The van der Waals surface area contributed by atoms with Crippen LogP contribution in [0, 0.1) is 11.6 Å². The number of fused-ring (bicyclic) bond motifs is 1. The van der Waals surface area contributed by atoms with Crippen LogP contribution in [0.2, 0.25) is 5.02 Å². The molecule has 158 valence electrons. The summed E-state index contributed by atoms with van der Waals surface area (Å²) in [5, 5.41) is 1.67. The van der Waals surface area contributed by atoms with Crippen LogP contribution in [0.3, 0.4) is 0 Å². The fourth-order valence-electron chi connectivity index (χ4n) is 3.99. The van der Waals surface area contributed by atoms with Gasteiger partial charge in [-0.2, -0.15) is 0 Å². The molecule has 0 radical (unpaired) electrons. The van der Waals surface area contributed by atoms with E-state index in [-0.39, 0.29) is 10.8 Å². The number of hydrogen-bond donors (Lipinski definition) is 0. The van der Waals surface area contributed by atoms with Crippen molar-refractivity contribution in [3.05, 3.63) is 95.0 Å². The summed E-state index contributed by atoms with van der Waals surface area (Å²) in [5.74, 6) is -0.658. The number of halogens is 3. The monoisotopic (exact) mass is 434 g/mol. The summed E-state index contributed by atoms with van der Waals surface area (Å²) in [4.78, 5) is 0. The Morgan fingerprint density at radius 1 is 0.710 bits per heavy atom. The lowest BCUT2D eigenvalue weighted by molar-refractivity contribution is 0.629. The molecule has 0 spiro atoms. The molecule has 0 aliphatic heterocycles. The van der Waals surface area contributed by atoms with E-state index in [1.165, 1.54) is 37.3 Å². The van der Waals surface area contributed by atoms with Crippen LogP contribution >= 0.6 is 11.6 Å². The minimum Gasteiger partial charge on any atom is -0.206 e. The van der Waals surface area contributed by atoms with Crippen LogP contribution in [0.15, 0.2) is 72.8 Å². The molecule has 31 heavy (non-hydrogen) atoms. The van der Waals surface area contributed by atoms with Gasteiger partial charge in [0, 0.05) is 10.9 Å². The summed E-state index contributed by atoms with van der Waals surface area (Å²) in [5.41, 5.74) is 4.21. The van der Waals surface area contributed by atoms with Gasteiger partial charge in [0.1, 0.15) is 11.6 Å². The Morgan fingerprint density at radius 3 is 2.19 bits per heavy atom. The molecule has 0 unspecified atom stereocenters. The average Bonchev–Trinajstić information content (AvgIpc) is 2.79. The molecule has 0 atom stereocenters. The molecule has 0 saturated heterocycles. The van der Waals surface area contributed by atoms with Gasteiger partial charge in [-0.3, -0.25) is 0 Å². The van der Waals surface area contributed by atoms with Gasteiger partial charge in [0.25, 0.3) is 0 Å². The molecule has 0 N–H and O–H groups in total. The van der Waals surface area contributed by atoms with Crippen LogP contribution in [0.5, 0.6) is 0 Å². The third kappa shape index (κ3) is 4.80. The van der Waals surface area contributed by atoms with E-state index in [0.717, 1.165) is 28.5 Å². The van der Waals surface area contributed by atoms with E-state index in [1.54, 1.807) is 12.1 Å². The Labute approximate surface area is 187 Å². The number of benzene rings is 4. The highest BCUT2D eigenvalue weighted by atomic mass is 35.5. The minimum absolute atomic E-state index is 0.0997. The maximum absolute atomic E-state index is 15.3. The predicted molar refractivity (Wildman–Crippen MR) is 128 cm³/mol. The molecular formula is C28H25ClF2. The summed E-state index contributed by atoms with van der Waals surface area (Å²) in [6.07, 6.45) is 5.93. The van der Waals surface area contributed by atoms with E-state index in [9.17, 15) is 4.39 Å². The van der Waals surface area contributed by atoms with Gasteiger partial charge in [0.2, 0.25) is 0 Å². The van der Waals surface area contributed by atoms with Crippen LogP contribution in [-0.4, -0.2) is 0 Å². The van der Waals surface area contributed by atoms with Crippen LogP contribution in [0.1, 0.15) is 38.2 Å². The minimum atomic E-state index is -0.450. The summed E-state index contributed by atoms with van der Waals surface area (Å²) >= 11 is 5.77. The lowest BCUT2D eigenvalue weighted by Gasteiger charge is -2.10. The summed E-state index contributed by atoms with van der Waals surface area (Å²) in [6.45, 7) is 2.21. The van der Waals surface area contributed by atoms with Crippen molar-refractivity contribution in [2.75, 3.05) is 0 Å². The zero-order valence-electron chi connectivity index (χ0n) is 17.6. The molecule has 0 saturated carbocycles. The normalized spacial score (nSPS) is 11.2. The number of rotatable bonds is 7. The Kier molecular flexibility index (Phi) is 6.67. The molecule has 0 bridgehead atoms. The molecule has 4 rings (SSSR count). The average molecular weight is 435 g/mol. The number of hydrogen-bond acceptors (Lipinski definition) is 0. The highest BCUT2D eigenvalue weighted by molar-refractivity contribution is 6.30. The molecule has 0 aliphatic carbocycles. The van der Waals surface area contributed by atoms with Crippen molar-refractivity contribution in [2.24, 2.45) is 0 Å². The molecule has 0 heterocycles. The van der Waals surface area contributed by atoms with E-state index < -0.39 is 5.82 Å². The zero-order valence-corrected chi connectivity index (χ0v) is 18.4. The first kappa shape index (κ1) is 21.5. The van der Waals surface area contributed by atoms with Gasteiger partial charge in [-0.25, -0.2) is 8.78 Å². The van der Waals surface area contributed by atoms with Gasteiger partial charge >= 0.3 is 0 Å². The second-order valence-corrected chi connectivity index (χ2v) is 8.41. The quantitative estimate of drug-likeness (QED) is 0.254. The van der Waals surface area contributed by atoms with Gasteiger partial charge in [0.15, 0.2) is 0 Å². The molecule has 3 heteroatoms. The van der Waals surface area contributed by atoms with Gasteiger partial charge in [0.05, 0.1) is 5.02 Å². The first-order valence-corrected chi connectivity index (χ1v) is 11.2. The molecule has 0 fully saturated rings. The lowest BCUT2D eigenvalue weighted by atomic mass is 9.96. The maximum Gasteiger partial charge on any atom is 0.142 e. The Morgan fingerprint density at radius 2 is 1.45 bits per heavy atom. The number of unbranched alkanes of at least 4 members (excludes halogenated alkanes) is 3. The molecule has 4 aromatic carbocycles. The third-order valence-corrected chi connectivity index (χ3v) is 6.09. The van der Waals surface area contributed by atoms with Crippen molar-refractivity contribution >= 4 is 22.4 Å². The zero-order chi connectivity index (χ0) is 21.8. The van der Waals surface area contributed by atoms with Gasteiger partial charge < -0.3 is 0 Å². The van der Waals surface area contributed by atoms with Crippen molar-refractivity contribution in [3.63, 3.8) is 0 Å². The van der Waals surface area contributed by atoms with Crippen molar-refractivity contribution in [1.29, 1.82) is 0 Å². The van der Waals surface area contributed by atoms with E-state index in [1.807, 2.05) is 48.5 Å². The maximum atomic E-state index is 15.3. The number of aryl methyl sites for hydroxylation is 1. The molecule has 4 aromatic rings. The topological polar surface area (TPSA) is 0 Å². The molecular weight excluding hydrogens is 410 g/mol. The fourth-order valence-corrected chi connectivity index (χ4v) is 4.11. The smallest absolute Gasteiger partial charge is 0.142 e. The highest BCUT2D eigenvalue weighted by Gasteiger charge is 2.11. The van der Waals surface area contributed by atoms with Crippen molar-refractivity contribution in [2.45, 2.75) is 39.0 Å². The Balaban J connectivity index is 1.58. The van der Waals surface area contributed by atoms with E-state index in [0.29, 0.717) is 10.9 Å². The molecule has 0 aliphatic rings. The van der Waals surface area contributed by atoms with Gasteiger partial charge in [-0.05, 0) is 52.6 Å². The first-order valence-electron chi connectivity index (χ1n) is 10.8. The van der Waals surface area contributed by atoms with E-state index >= 15 is 4.39 Å². The Hall–Kier alpha value is -2.71. The standard InChI is InChI=1S/C28H25ClF2/c1-2-3-4-5-6-19-7-14-25-23(17-19)12-15-24(28(25)31)21-10-8-20(9-11-21)22-13-16-26(29)27(30)18-22/h7-18H,2-6H2,1H3. The summed E-state index contributed by atoms with van der Waals surface area (Å²) < 4.78 is 29.1. The largest absolute Gasteiger partial charge is 0.206 e.